The van der Waals surface area contributed by atoms with E-state index in [2.05, 4.69) is 15.9 Å². The summed E-state index contributed by atoms with van der Waals surface area (Å²) in [4.78, 5) is 0.0540. The van der Waals surface area contributed by atoms with Crippen molar-refractivity contribution < 1.29 is 9.15 Å². The molecule has 1 atom stereocenters. The molecule has 0 aliphatic rings. The predicted octanol–water partition coefficient (Wildman–Crippen LogP) is 5.86. The van der Waals surface area contributed by atoms with Crippen molar-refractivity contribution >= 4 is 15.9 Å². The second-order valence-corrected chi connectivity index (χ2v) is 5.73. The highest BCUT2D eigenvalue weighted by Gasteiger charge is 2.15. The van der Waals surface area contributed by atoms with Crippen LogP contribution in [0.3, 0.4) is 0 Å². The smallest absolute Gasteiger partial charge is 0.127 e. The third kappa shape index (κ3) is 3.19. The Hall–Kier alpha value is -2.00. The van der Waals surface area contributed by atoms with Crippen LogP contribution < -0.4 is 4.74 Å². The molecule has 0 saturated heterocycles. The monoisotopic (exact) mass is 342 g/mol. The molecule has 0 saturated carbocycles. The van der Waals surface area contributed by atoms with E-state index in [0.717, 1.165) is 28.4 Å². The number of para-hydroxylation sites is 1. The van der Waals surface area contributed by atoms with E-state index < -0.39 is 0 Å². The summed E-state index contributed by atoms with van der Waals surface area (Å²) < 4.78 is 11.3. The highest BCUT2D eigenvalue weighted by Crippen LogP contribution is 2.34. The van der Waals surface area contributed by atoms with Gasteiger partial charge < -0.3 is 9.15 Å². The van der Waals surface area contributed by atoms with Crippen LogP contribution in [0.1, 0.15) is 21.7 Å². The van der Waals surface area contributed by atoms with Gasteiger partial charge in [0.25, 0.3) is 0 Å². The van der Waals surface area contributed by atoms with Crippen LogP contribution in [0.15, 0.2) is 71.3 Å². The van der Waals surface area contributed by atoms with Crippen LogP contribution in [0.5, 0.6) is 11.5 Å². The number of alkyl halides is 1. The minimum atomic E-state index is 0.0540. The molecule has 3 rings (SSSR count). The lowest BCUT2D eigenvalue weighted by Gasteiger charge is -2.10. The Balaban J connectivity index is 1.77. The average Bonchev–Trinajstić information content (AvgIpc) is 2.94. The van der Waals surface area contributed by atoms with E-state index in [9.17, 15) is 0 Å². The Labute approximate surface area is 132 Å². The largest absolute Gasteiger partial charge is 0.468 e. The molecule has 3 heteroatoms. The Morgan fingerprint density at radius 2 is 1.57 bits per heavy atom. The van der Waals surface area contributed by atoms with Crippen molar-refractivity contribution in [3.63, 3.8) is 0 Å². The summed E-state index contributed by atoms with van der Waals surface area (Å²) in [6.07, 6.45) is 1.71. The molecule has 0 N–H and O–H groups in total. The molecule has 1 unspecified atom stereocenters. The second kappa shape index (κ2) is 6.19. The first-order valence-corrected chi connectivity index (χ1v) is 7.66. The summed E-state index contributed by atoms with van der Waals surface area (Å²) in [7, 11) is 0. The van der Waals surface area contributed by atoms with Crippen molar-refractivity contribution in [3.05, 3.63) is 83.8 Å². The van der Waals surface area contributed by atoms with Gasteiger partial charge in [-0.3, -0.25) is 0 Å². The third-order valence-corrected chi connectivity index (χ3v) is 4.23. The summed E-state index contributed by atoms with van der Waals surface area (Å²) in [6, 6.07) is 19.7. The van der Waals surface area contributed by atoms with Gasteiger partial charge in [0.15, 0.2) is 0 Å². The van der Waals surface area contributed by atoms with Gasteiger partial charge in [-0.25, -0.2) is 0 Å². The van der Waals surface area contributed by atoms with Crippen LogP contribution in [0, 0.1) is 6.92 Å². The Morgan fingerprint density at radius 1 is 0.905 bits per heavy atom. The number of aryl methyl sites for hydroxylation is 1. The van der Waals surface area contributed by atoms with E-state index in [1.54, 1.807) is 6.26 Å². The van der Waals surface area contributed by atoms with E-state index >= 15 is 0 Å². The molecule has 106 valence electrons. The van der Waals surface area contributed by atoms with Crippen LogP contribution in [0.4, 0.5) is 0 Å². The first-order chi connectivity index (χ1) is 10.2. The predicted molar refractivity (Wildman–Crippen MR) is 87.2 cm³/mol. The minimum Gasteiger partial charge on any atom is -0.468 e. The van der Waals surface area contributed by atoms with Gasteiger partial charge >= 0.3 is 0 Å². The topological polar surface area (TPSA) is 22.4 Å². The summed E-state index contributed by atoms with van der Waals surface area (Å²) in [5, 5.41) is 0. The van der Waals surface area contributed by atoms with E-state index in [0.29, 0.717) is 0 Å². The molecule has 0 radical (unpaired) electrons. The van der Waals surface area contributed by atoms with E-state index in [4.69, 9.17) is 9.15 Å². The van der Waals surface area contributed by atoms with Crippen LogP contribution in [-0.2, 0) is 0 Å². The first-order valence-electron chi connectivity index (χ1n) is 6.75. The van der Waals surface area contributed by atoms with Crippen molar-refractivity contribution in [2.24, 2.45) is 0 Å². The number of rotatable bonds is 4. The lowest BCUT2D eigenvalue weighted by Crippen LogP contribution is -1.93. The van der Waals surface area contributed by atoms with Gasteiger partial charge in [-0.05, 0) is 48.4 Å². The first kappa shape index (κ1) is 14.0. The quantitative estimate of drug-likeness (QED) is 0.553. The van der Waals surface area contributed by atoms with Crippen molar-refractivity contribution in [2.45, 2.75) is 11.8 Å². The van der Waals surface area contributed by atoms with Crippen molar-refractivity contribution in [1.82, 2.24) is 0 Å². The van der Waals surface area contributed by atoms with Gasteiger partial charge in [-0.1, -0.05) is 46.3 Å². The molecule has 0 aliphatic carbocycles. The van der Waals surface area contributed by atoms with Crippen molar-refractivity contribution in [3.8, 4) is 11.5 Å². The molecule has 0 spiro atoms. The Kier molecular flexibility index (Phi) is 4.11. The van der Waals surface area contributed by atoms with E-state index in [-0.39, 0.29) is 4.83 Å². The Morgan fingerprint density at radius 3 is 2.19 bits per heavy atom. The van der Waals surface area contributed by atoms with Gasteiger partial charge in [-0.2, -0.15) is 0 Å². The van der Waals surface area contributed by atoms with E-state index in [1.807, 2.05) is 67.6 Å². The number of hydrogen-bond donors (Lipinski definition) is 0. The molecule has 0 amide bonds. The van der Waals surface area contributed by atoms with Gasteiger partial charge in [0, 0.05) is 0 Å². The van der Waals surface area contributed by atoms with Gasteiger partial charge in [0.2, 0.25) is 0 Å². The summed E-state index contributed by atoms with van der Waals surface area (Å²) in [5.74, 6) is 2.59. The maximum absolute atomic E-state index is 5.79. The number of halogens is 1. The average molecular weight is 343 g/mol. The highest BCUT2D eigenvalue weighted by molar-refractivity contribution is 9.09. The SMILES string of the molecule is Cc1ccoc1C(Br)c1ccc(Oc2ccccc2)cc1. The van der Waals surface area contributed by atoms with E-state index in [1.165, 1.54) is 0 Å². The van der Waals surface area contributed by atoms with Gasteiger partial charge in [-0.15, -0.1) is 0 Å². The molecule has 3 aromatic rings. The fraction of sp³-hybridized carbons (Fsp3) is 0.111. The zero-order chi connectivity index (χ0) is 14.7. The molecule has 0 fully saturated rings. The number of ether oxygens (including phenoxy) is 1. The third-order valence-electron chi connectivity index (χ3n) is 3.28. The Bertz CT molecular complexity index is 702. The molecule has 2 aromatic carbocycles. The molecule has 1 heterocycles. The minimum absolute atomic E-state index is 0.0540. The molecular formula is C18H15BrO2. The van der Waals surface area contributed by atoms with Crippen molar-refractivity contribution in [1.29, 1.82) is 0 Å². The zero-order valence-electron chi connectivity index (χ0n) is 11.6. The lowest BCUT2D eigenvalue weighted by atomic mass is 10.1. The molecular weight excluding hydrogens is 328 g/mol. The number of furan rings is 1. The number of benzene rings is 2. The lowest BCUT2D eigenvalue weighted by molar-refractivity contribution is 0.482. The zero-order valence-corrected chi connectivity index (χ0v) is 13.2. The van der Waals surface area contributed by atoms with Crippen LogP contribution in [0.2, 0.25) is 0 Å². The molecule has 2 nitrogen and oxygen atoms in total. The highest BCUT2D eigenvalue weighted by atomic mass is 79.9. The normalized spacial score (nSPS) is 12.1. The second-order valence-electron chi connectivity index (χ2n) is 4.81. The molecule has 21 heavy (non-hydrogen) atoms. The fourth-order valence-corrected chi connectivity index (χ4v) is 2.90. The standard InChI is InChI=1S/C18H15BrO2/c1-13-11-12-20-18(13)17(19)14-7-9-16(10-8-14)21-15-5-3-2-4-6-15/h2-12,17H,1H3. The van der Waals surface area contributed by atoms with Crippen LogP contribution in [-0.4, -0.2) is 0 Å². The van der Waals surface area contributed by atoms with Crippen molar-refractivity contribution in [2.75, 3.05) is 0 Å². The molecule has 0 bridgehead atoms. The fourth-order valence-electron chi connectivity index (χ4n) is 2.12. The maximum Gasteiger partial charge on any atom is 0.127 e. The molecule has 1 aromatic heterocycles. The maximum atomic E-state index is 5.79. The van der Waals surface area contributed by atoms with Gasteiger partial charge in [0.1, 0.15) is 17.3 Å². The summed E-state index contributed by atoms with van der Waals surface area (Å²) in [6.45, 7) is 2.04. The summed E-state index contributed by atoms with van der Waals surface area (Å²) in [5.41, 5.74) is 2.27. The summed E-state index contributed by atoms with van der Waals surface area (Å²) >= 11 is 3.68. The van der Waals surface area contributed by atoms with Gasteiger partial charge in [0.05, 0.1) is 11.1 Å². The number of hydrogen-bond acceptors (Lipinski definition) is 2. The van der Waals surface area contributed by atoms with Crippen LogP contribution >= 0.6 is 15.9 Å². The molecule has 0 aliphatic heterocycles. The van der Waals surface area contributed by atoms with Crippen LogP contribution in [0.25, 0.3) is 0 Å².